The molecule has 0 rings (SSSR count). The van der Waals surface area contributed by atoms with E-state index in [1.54, 1.807) is 0 Å². The van der Waals surface area contributed by atoms with Crippen molar-refractivity contribution in [1.82, 2.24) is 0 Å². The van der Waals surface area contributed by atoms with E-state index in [-0.39, 0.29) is 38.2 Å². The van der Waals surface area contributed by atoms with E-state index in [1.807, 2.05) is 21.1 Å². The van der Waals surface area contributed by atoms with E-state index < -0.39 is 18.4 Å². The van der Waals surface area contributed by atoms with Crippen molar-refractivity contribution in [3.63, 3.8) is 0 Å². The third kappa shape index (κ3) is 62.7. The Morgan fingerprint density at radius 3 is 1.08 bits per heavy atom. The number of esters is 2. The Morgan fingerprint density at radius 2 is 0.722 bits per heavy atom. The smallest absolute Gasteiger partial charge is 0.361 e. The van der Waals surface area contributed by atoms with Crippen molar-refractivity contribution in [2.24, 2.45) is 0 Å². The van der Waals surface area contributed by atoms with Crippen molar-refractivity contribution in [2.75, 3.05) is 47.5 Å². The predicted molar refractivity (Wildman–Crippen MR) is 337 cm³/mol. The molecule has 0 aliphatic rings. The van der Waals surface area contributed by atoms with Gasteiger partial charge in [0.2, 0.25) is 0 Å². The highest BCUT2D eigenvalue weighted by Crippen LogP contribution is 2.18. The summed E-state index contributed by atoms with van der Waals surface area (Å²) in [7, 11) is 5.98. The summed E-state index contributed by atoms with van der Waals surface area (Å²) in [4.78, 5) is 37.5. The molecule has 0 amide bonds. The van der Waals surface area contributed by atoms with E-state index in [9.17, 15) is 19.5 Å². The maximum atomic E-state index is 12.9. The SMILES string of the molecule is CC/C=C\C/C=C\C/C=C\C/C=C\CCCCCCCCCCCCCCCCCCCCCCCCCCCCC(=O)OC(COC(=O)CCCCCCCCCCCCCCCCC)COC(OCC[N+](C)(C)C)C(=O)O. The van der Waals surface area contributed by atoms with Crippen LogP contribution in [0.4, 0.5) is 0 Å². The first kappa shape index (κ1) is 76.2. The van der Waals surface area contributed by atoms with E-state index in [0.717, 1.165) is 64.2 Å². The summed E-state index contributed by atoms with van der Waals surface area (Å²) >= 11 is 0. The molecule has 9 heteroatoms. The van der Waals surface area contributed by atoms with Gasteiger partial charge in [0.05, 0.1) is 34.4 Å². The van der Waals surface area contributed by atoms with Crippen LogP contribution in [0.1, 0.15) is 322 Å². The monoisotopic (exact) mass is 1110 g/mol. The Morgan fingerprint density at radius 1 is 0.392 bits per heavy atom. The van der Waals surface area contributed by atoms with Crippen LogP contribution < -0.4 is 0 Å². The van der Waals surface area contributed by atoms with Crippen LogP contribution in [0.5, 0.6) is 0 Å². The highest BCUT2D eigenvalue weighted by Gasteiger charge is 2.25. The molecule has 462 valence electrons. The van der Waals surface area contributed by atoms with E-state index in [1.165, 1.54) is 231 Å². The number of likely N-dealkylation sites (N-methyl/N-ethyl adjacent to an activating group) is 1. The summed E-state index contributed by atoms with van der Waals surface area (Å²) in [6, 6.07) is 0. The fraction of sp³-hybridized carbons (Fsp3) is 0.843. The van der Waals surface area contributed by atoms with Gasteiger partial charge in [0.25, 0.3) is 6.29 Å². The number of quaternary nitrogens is 1. The standard InChI is InChI=1S/C70H129NO8/c1-6-8-10-12-14-16-18-20-22-23-24-25-26-27-28-29-30-31-32-33-34-35-36-37-38-39-40-41-42-43-44-45-47-49-51-53-55-57-59-61-68(73)79-66(65-78-70(69(74)75)76-63-62-71(3,4)5)64-77-67(72)60-58-56-54-52-50-48-46-21-19-17-15-13-11-9-7-2/h8,10,14,16,20,22,24-25,66,70H,6-7,9,11-13,15,17-19,21,23,26-65H2,1-5H3/p+1/b10-8-,16-14-,22-20-,25-24-. The zero-order valence-electron chi connectivity index (χ0n) is 52.8. The number of unbranched alkanes of at least 4 members (excludes halogenated alkanes) is 40. The Labute approximate surface area is 489 Å². The molecule has 2 unspecified atom stereocenters. The molecule has 0 saturated carbocycles. The third-order valence-electron chi connectivity index (χ3n) is 15.1. The molecule has 0 fully saturated rings. The van der Waals surface area contributed by atoms with Crippen LogP contribution in [-0.4, -0.2) is 87.4 Å². The van der Waals surface area contributed by atoms with Gasteiger partial charge in [-0.05, 0) is 51.4 Å². The van der Waals surface area contributed by atoms with E-state index >= 15 is 0 Å². The van der Waals surface area contributed by atoms with Gasteiger partial charge in [-0.15, -0.1) is 0 Å². The molecule has 0 aliphatic heterocycles. The van der Waals surface area contributed by atoms with Crippen molar-refractivity contribution in [3.05, 3.63) is 48.6 Å². The van der Waals surface area contributed by atoms with E-state index in [0.29, 0.717) is 17.4 Å². The van der Waals surface area contributed by atoms with Crippen LogP contribution in [0.15, 0.2) is 48.6 Å². The minimum Gasteiger partial charge on any atom is -0.477 e. The number of nitrogens with zero attached hydrogens (tertiary/aromatic N) is 1. The van der Waals surface area contributed by atoms with Gasteiger partial charge in [-0.3, -0.25) is 9.59 Å². The molecule has 0 saturated heterocycles. The lowest BCUT2D eigenvalue weighted by Crippen LogP contribution is -2.40. The van der Waals surface area contributed by atoms with E-state index in [4.69, 9.17) is 18.9 Å². The van der Waals surface area contributed by atoms with Crippen molar-refractivity contribution >= 4 is 17.9 Å². The number of hydrogen-bond donors (Lipinski definition) is 1. The van der Waals surface area contributed by atoms with Crippen molar-refractivity contribution in [1.29, 1.82) is 0 Å². The molecule has 2 atom stereocenters. The fourth-order valence-electron chi connectivity index (χ4n) is 9.95. The minimum absolute atomic E-state index is 0.175. The van der Waals surface area contributed by atoms with Gasteiger partial charge >= 0.3 is 17.9 Å². The van der Waals surface area contributed by atoms with Crippen LogP contribution in [0.3, 0.4) is 0 Å². The molecule has 0 heterocycles. The second-order valence-corrected chi connectivity index (χ2v) is 24.1. The molecule has 0 aromatic heterocycles. The molecule has 1 N–H and O–H groups in total. The largest absolute Gasteiger partial charge is 0.477 e. The van der Waals surface area contributed by atoms with Crippen LogP contribution >= 0.6 is 0 Å². The summed E-state index contributed by atoms with van der Waals surface area (Å²) in [6.07, 6.45) is 75.2. The number of ether oxygens (including phenoxy) is 4. The summed E-state index contributed by atoms with van der Waals surface area (Å²) < 4.78 is 22.9. The van der Waals surface area contributed by atoms with Gasteiger partial charge in [-0.1, -0.05) is 306 Å². The van der Waals surface area contributed by atoms with Gasteiger partial charge < -0.3 is 28.5 Å². The number of allylic oxidation sites excluding steroid dienone is 8. The normalized spacial score (nSPS) is 13.0. The lowest BCUT2D eigenvalue weighted by atomic mass is 10.0. The first-order valence-electron chi connectivity index (χ1n) is 33.8. The number of carbonyl (C=O) groups excluding carboxylic acids is 2. The molecule has 0 spiro atoms. The molecule has 79 heavy (non-hydrogen) atoms. The van der Waals surface area contributed by atoms with Crippen LogP contribution in [0.25, 0.3) is 0 Å². The Kier molecular flexibility index (Phi) is 59.2. The summed E-state index contributed by atoms with van der Waals surface area (Å²) in [5.74, 6) is -1.98. The zero-order valence-corrected chi connectivity index (χ0v) is 52.8. The van der Waals surface area contributed by atoms with Gasteiger partial charge in [-0.2, -0.15) is 0 Å². The summed E-state index contributed by atoms with van der Waals surface area (Å²) in [5, 5.41) is 9.72. The number of carboxylic acid groups (broad SMARTS) is 1. The lowest BCUT2D eigenvalue weighted by Gasteiger charge is -2.25. The Hall–Kier alpha value is -2.75. The summed E-state index contributed by atoms with van der Waals surface area (Å²) in [5.41, 5.74) is 0. The van der Waals surface area contributed by atoms with Gasteiger partial charge in [0.15, 0.2) is 6.10 Å². The molecular weight excluding hydrogens is 983 g/mol. The number of carboxylic acids is 1. The van der Waals surface area contributed by atoms with Crippen LogP contribution in [0.2, 0.25) is 0 Å². The number of aliphatic carboxylic acids is 1. The van der Waals surface area contributed by atoms with Crippen molar-refractivity contribution in [3.8, 4) is 0 Å². The number of hydrogen-bond acceptors (Lipinski definition) is 7. The first-order valence-corrected chi connectivity index (χ1v) is 33.8. The highest BCUT2D eigenvalue weighted by molar-refractivity contribution is 5.71. The quantitative estimate of drug-likeness (QED) is 0.0211. The molecule has 0 radical (unpaired) electrons. The summed E-state index contributed by atoms with van der Waals surface area (Å²) in [6.45, 7) is 4.82. The average Bonchev–Trinajstić information content (AvgIpc) is 3.42. The van der Waals surface area contributed by atoms with Crippen molar-refractivity contribution in [2.45, 2.75) is 334 Å². The first-order chi connectivity index (χ1) is 38.6. The maximum Gasteiger partial charge on any atom is 0.361 e. The highest BCUT2D eigenvalue weighted by atomic mass is 16.7. The maximum absolute atomic E-state index is 12.9. The topological polar surface area (TPSA) is 108 Å². The second-order valence-electron chi connectivity index (χ2n) is 24.1. The fourth-order valence-corrected chi connectivity index (χ4v) is 9.95. The Balaban J connectivity index is 3.93. The molecule has 0 aliphatic carbocycles. The molecular formula is C70H130NO8+. The van der Waals surface area contributed by atoms with Gasteiger partial charge in [-0.25, -0.2) is 4.79 Å². The zero-order chi connectivity index (χ0) is 57.6. The van der Waals surface area contributed by atoms with Gasteiger partial charge in [0, 0.05) is 12.8 Å². The van der Waals surface area contributed by atoms with Gasteiger partial charge in [0.1, 0.15) is 13.2 Å². The minimum atomic E-state index is -1.51. The molecule has 9 nitrogen and oxygen atoms in total. The molecule has 0 bridgehead atoms. The Bertz CT molecular complexity index is 1430. The molecule has 0 aromatic rings. The lowest BCUT2D eigenvalue weighted by molar-refractivity contribution is -0.870. The third-order valence-corrected chi connectivity index (χ3v) is 15.1. The van der Waals surface area contributed by atoms with Crippen LogP contribution in [0, 0.1) is 0 Å². The average molecular weight is 1110 g/mol. The molecule has 0 aromatic carbocycles. The van der Waals surface area contributed by atoms with Crippen molar-refractivity contribution < 1.29 is 42.9 Å². The number of rotatable bonds is 63. The predicted octanol–water partition coefficient (Wildman–Crippen LogP) is 20.6. The van der Waals surface area contributed by atoms with E-state index in [2.05, 4.69) is 62.5 Å². The van der Waals surface area contributed by atoms with Crippen LogP contribution in [-0.2, 0) is 33.3 Å². The number of carbonyl (C=O) groups is 3. The second kappa shape index (κ2) is 61.3.